The largest absolute Gasteiger partial charge is 0.495 e. The van der Waals surface area contributed by atoms with Crippen molar-refractivity contribution in [2.24, 2.45) is 0 Å². The molecule has 0 unspecified atom stereocenters. The number of hydrogen-bond donors (Lipinski definition) is 2. The number of hydrogen-bond acceptors (Lipinski definition) is 4. The van der Waals surface area contributed by atoms with Gasteiger partial charge in [0.15, 0.2) is 0 Å². The highest BCUT2D eigenvalue weighted by Crippen LogP contribution is 2.26. The van der Waals surface area contributed by atoms with E-state index < -0.39 is 0 Å². The predicted octanol–water partition coefficient (Wildman–Crippen LogP) is 1.77. The zero-order valence-electron chi connectivity index (χ0n) is 10.3. The number of nitrogen functional groups attached to an aromatic ring is 1. The topological polar surface area (TPSA) is 82.2 Å². The number of benzene rings is 1. The van der Waals surface area contributed by atoms with Crippen LogP contribution in [-0.2, 0) is 11.3 Å². The summed E-state index contributed by atoms with van der Waals surface area (Å²) in [4.78, 5) is 11.9. The van der Waals surface area contributed by atoms with Crippen LogP contribution in [0.1, 0.15) is 0 Å². The van der Waals surface area contributed by atoms with E-state index in [2.05, 4.69) is 10.4 Å². The van der Waals surface area contributed by atoms with Gasteiger partial charge in [-0.05, 0) is 18.2 Å². The second-order valence-electron chi connectivity index (χ2n) is 3.86. The maximum atomic E-state index is 11.9. The minimum absolute atomic E-state index is 0.0602. The van der Waals surface area contributed by atoms with E-state index in [0.717, 1.165) is 0 Å². The monoisotopic (exact) mass is 280 g/mol. The third-order valence-corrected chi connectivity index (χ3v) is 2.60. The molecule has 0 atom stereocenters. The van der Waals surface area contributed by atoms with Crippen LogP contribution in [0.4, 0.5) is 11.4 Å². The smallest absolute Gasteiger partial charge is 0.246 e. The first kappa shape index (κ1) is 13.2. The molecule has 1 aromatic carbocycles. The average molecular weight is 281 g/mol. The number of halogens is 1. The standard InChI is InChI=1S/C12H13ClN4O2/c1-19-11-3-2-9(14)4-10(11)16-12(18)7-17-6-8(13)5-15-17/h2-6H,7,14H2,1H3,(H,16,18). The van der Waals surface area contributed by atoms with E-state index in [-0.39, 0.29) is 12.5 Å². The quantitative estimate of drug-likeness (QED) is 0.836. The summed E-state index contributed by atoms with van der Waals surface area (Å²) < 4.78 is 6.58. The molecule has 7 heteroatoms. The van der Waals surface area contributed by atoms with E-state index in [1.54, 1.807) is 24.4 Å². The third kappa shape index (κ3) is 3.38. The van der Waals surface area contributed by atoms with Crippen molar-refractivity contribution in [1.82, 2.24) is 9.78 Å². The number of nitrogens with one attached hydrogen (secondary N) is 1. The summed E-state index contributed by atoms with van der Waals surface area (Å²) >= 11 is 5.72. The number of nitrogens with zero attached hydrogens (tertiary/aromatic N) is 2. The van der Waals surface area contributed by atoms with Crippen molar-refractivity contribution < 1.29 is 9.53 Å². The molecule has 6 nitrogen and oxygen atoms in total. The molecule has 100 valence electrons. The molecular formula is C12H13ClN4O2. The van der Waals surface area contributed by atoms with Crippen LogP contribution in [0.2, 0.25) is 5.02 Å². The molecule has 2 aromatic rings. The Bertz CT molecular complexity index is 597. The van der Waals surface area contributed by atoms with Crippen LogP contribution in [0, 0.1) is 0 Å². The number of rotatable bonds is 4. The van der Waals surface area contributed by atoms with Gasteiger partial charge in [0.25, 0.3) is 0 Å². The SMILES string of the molecule is COc1ccc(N)cc1NC(=O)Cn1cc(Cl)cn1. The number of methoxy groups -OCH3 is 1. The van der Waals surface area contributed by atoms with Gasteiger partial charge < -0.3 is 15.8 Å². The molecule has 3 N–H and O–H groups in total. The van der Waals surface area contributed by atoms with E-state index in [9.17, 15) is 4.79 Å². The first-order valence-electron chi connectivity index (χ1n) is 5.50. The third-order valence-electron chi connectivity index (χ3n) is 2.40. The molecule has 1 aromatic heterocycles. The van der Waals surface area contributed by atoms with Gasteiger partial charge in [-0.3, -0.25) is 9.48 Å². The molecule has 0 fully saturated rings. The molecule has 0 aliphatic heterocycles. The van der Waals surface area contributed by atoms with Gasteiger partial charge in [-0.1, -0.05) is 11.6 Å². The summed E-state index contributed by atoms with van der Waals surface area (Å²) in [6.07, 6.45) is 3.04. The number of aromatic nitrogens is 2. The van der Waals surface area contributed by atoms with Crippen LogP contribution in [0.15, 0.2) is 30.6 Å². The van der Waals surface area contributed by atoms with Gasteiger partial charge in [-0.25, -0.2) is 0 Å². The van der Waals surface area contributed by atoms with E-state index >= 15 is 0 Å². The number of amides is 1. The lowest BCUT2D eigenvalue weighted by molar-refractivity contribution is -0.116. The van der Waals surface area contributed by atoms with Crippen molar-refractivity contribution in [3.63, 3.8) is 0 Å². The number of nitrogens with two attached hydrogens (primary N) is 1. The first-order chi connectivity index (χ1) is 9.08. The Morgan fingerprint density at radius 3 is 3.00 bits per heavy atom. The summed E-state index contributed by atoms with van der Waals surface area (Å²) in [6.45, 7) is 0.0602. The summed E-state index contributed by atoms with van der Waals surface area (Å²) in [5.41, 5.74) is 6.73. The molecule has 0 saturated heterocycles. The van der Waals surface area contributed by atoms with Crippen LogP contribution >= 0.6 is 11.6 Å². The minimum Gasteiger partial charge on any atom is -0.495 e. The summed E-state index contributed by atoms with van der Waals surface area (Å²) in [7, 11) is 1.52. The maximum Gasteiger partial charge on any atom is 0.246 e. The van der Waals surface area contributed by atoms with Gasteiger partial charge in [0.05, 0.1) is 24.0 Å². The van der Waals surface area contributed by atoms with Gasteiger partial charge in [0.1, 0.15) is 12.3 Å². The highest BCUT2D eigenvalue weighted by atomic mass is 35.5. The number of carbonyl (C=O) groups is 1. The van der Waals surface area contributed by atoms with Crippen LogP contribution in [0.5, 0.6) is 5.75 Å². The van der Waals surface area contributed by atoms with Crippen molar-refractivity contribution in [2.45, 2.75) is 6.54 Å². The Balaban J connectivity index is 2.08. The number of ether oxygens (including phenoxy) is 1. The van der Waals surface area contributed by atoms with Gasteiger partial charge in [-0.2, -0.15) is 5.10 Å². The molecule has 1 heterocycles. The number of carbonyl (C=O) groups excluding carboxylic acids is 1. The lowest BCUT2D eigenvalue weighted by atomic mass is 10.2. The minimum atomic E-state index is -0.247. The molecule has 1 amide bonds. The predicted molar refractivity (Wildman–Crippen MR) is 73.3 cm³/mol. The molecule has 0 saturated carbocycles. The zero-order chi connectivity index (χ0) is 13.8. The Morgan fingerprint density at radius 1 is 1.58 bits per heavy atom. The second-order valence-corrected chi connectivity index (χ2v) is 4.30. The molecule has 19 heavy (non-hydrogen) atoms. The maximum absolute atomic E-state index is 11.9. The summed E-state index contributed by atoms with van der Waals surface area (Å²) in [6, 6.07) is 5.02. The van der Waals surface area contributed by atoms with Gasteiger partial charge in [0, 0.05) is 11.9 Å². The van der Waals surface area contributed by atoms with Gasteiger partial charge >= 0.3 is 0 Å². The Labute approximate surface area is 115 Å². The van der Waals surface area contributed by atoms with Crippen molar-refractivity contribution in [2.75, 3.05) is 18.2 Å². The zero-order valence-corrected chi connectivity index (χ0v) is 11.0. The molecule has 0 radical (unpaired) electrons. The van der Waals surface area contributed by atoms with E-state index in [4.69, 9.17) is 22.1 Å². The molecule has 2 rings (SSSR count). The fraction of sp³-hybridized carbons (Fsp3) is 0.167. The van der Waals surface area contributed by atoms with Gasteiger partial charge in [-0.15, -0.1) is 0 Å². The van der Waals surface area contributed by atoms with Crippen LogP contribution in [-0.4, -0.2) is 22.8 Å². The first-order valence-corrected chi connectivity index (χ1v) is 5.87. The second kappa shape index (κ2) is 5.62. The van der Waals surface area contributed by atoms with Crippen LogP contribution in [0.25, 0.3) is 0 Å². The highest BCUT2D eigenvalue weighted by Gasteiger charge is 2.09. The van der Waals surface area contributed by atoms with Gasteiger partial charge in [0.2, 0.25) is 5.91 Å². The van der Waals surface area contributed by atoms with E-state index in [1.807, 2.05) is 0 Å². The van der Waals surface area contributed by atoms with Crippen LogP contribution in [0.3, 0.4) is 0 Å². The van der Waals surface area contributed by atoms with Crippen molar-refractivity contribution in [3.05, 3.63) is 35.6 Å². The molecule has 0 aliphatic rings. The van der Waals surface area contributed by atoms with Crippen LogP contribution < -0.4 is 15.8 Å². The highest BCUT2D eigenvalue weighted by molar-refractivity contribution is 6.30. The lowest BCUT2D eigenvalue weighted by Gasteiger charge is -2.10. The number of anilines is 2. The molecule has 0 bridgehead atoms. The van der Waals surface area contributed by atoms with Crippen molar-refractivity contribution in [1.29, 1.82) is 0 Å². The lowest BCUT2D eigenvalue weighted by Crippen LogP contribution is -2.19. The fourth-order valence-electron chi connectivity index (χ4n) is 1.58. The van der Waals surface area contributed by atoms with Crippen molar-refractivity contribution in [3.8, 4) is 5.75 Å². The molecule has 0 aliphatic carbocycles. The summed E-state index contributed by atoms with van der Waals surface area (Å²) in [5.74, 6) is 0.296. The fourth-order valence-corrected chi connectivity index (χ4v) is 1.74. The summed E-state index contributed by atoms with van der Waals surface area (Å²) in [5, 5.41) is 7.12. The average Bonchev–Trinajstić information content (AvgIpc) is 2.75. The Kier molecular flexibility index (Phi) is 3.91. The molecule has 0 spiro atoms. The van der Waals surface area contributed by atoms with E-state index in [1.165, 1.54) is 18.0 Å². The normalized spacial score (nSPS) is 10.2. The van der Waals surface area contributed by atoms with Crippen molar-refractivity contribution >= 4 is 28.9 Å². The molecular weight excluding hydrogens is 268 g/mol. The Morgan fingerprint density at radius 2 is 2.37 bits per heavy atom. The van der Waals surface area contributed by atoms with E-state index in [0.29, 0.717) is 22.1 Å². The Hall–Kier alpha value is -2.21.